The van der Waals surface area contributed by atoms with E-state index in [0.29, 0.717) is 53.6 Å². The molecule has 0 aliphatic carbocycles. The van der Waals surface area contributed by atoms with Crippen molar-refractivity contribution >= 4 is 37.1 Å². The molecule has 1 fully saturated rings. The normalized spacial score (nSPS) is 18.1. The SMILES string of the molecule is CCOC(=O)CC1OB(O)c2cc(Oc3cnccn3)cc(CC)c21.CCc1cc(Oc2cnccn2)cc2c1C(CC(=O)O)OB2O.OC1CCCO1. The van der Waals surface area contributed by atoms with Crippen molar-refractivity contribution in [1.29, 1.82) is 0 Å². The second kappa shape index (κ2) is 19.4. The number of aliphatic carboxylic acids is 1. The maximum Gasteiger partial charge on any atom is 0.492 e. The molecule has 54 heavy (non-hydrogen) atoms. The summed E-state index contributed by atoms with van der Waals surface area (Å²) in [6.45, 7) is 6.75. The van der Waals surface area contributed by atoms with E-state index in [1.807, 2.05) is 26.0 Å². The predicted molar refractivity (Wildman–Crippen MR) is 193 cm³/mol. The molecule has 0 bridgehead atoms. The first-order valence-corrected chi connectivity index (χ1v) is 17.6. The van der Waals surface area contributed by atoms with Crippen LogP contribution in [0.1, 0.15) is 80.9 Å². The quantitative estimate of drug-likeness (QED) is 0.128. The summed E-state index contributed by atoms with van der Waals surface area (Å²) in [5.74, 6) is 0.410. The molecule has 0 spiro atoms. The Morgan fingerprint density at radius 2 is 1.31 bits per heavy atom. The van der Waals surface area contributed by atoms with Crippen molar-refractivity contribution in [3.8, 4) is 23.3 Å². The van der Waals surface area contributed by atoms with Gasteiger partial charge in [0, 0.05) is 37.8 Å². The topological polar surface area (TPSA) is 222 Å². The number of benzene rings is 2. The van der Waals surface area contributed by atoms with E-state index in [1.54, 1.807) is 31.5 Å². The average Bonchev–Trinajstić information content (AvgIpc) is 3.85. The van der Waals surface area contributed by atoms with Crippen molar-refractivity contribution in [3.05, 3.63) is 83.7 Å². The van der Waals surface area contributed by atoms with E-state index in [1.165, 1.54) is 24.8 Å². The van der Waals surface area contributed by atoms with Gasteiger partial charge in [-0.25, -0.2) is 9.97 Å². The van der Waals surface area contributed by atoms with Gasteiger partial charge in [-0.2, -0.15) is 0 Å². The van der Waals surface area contributed by atoms with Crippen molar-refractivity contribution in [2.75, 3.05) is 13.2 Å². The number of aliphatic hydroxyl groups is 1. The number of aryl methyl sites for hydroxylation is 2. The first-order chi connectivity index (χ1) is 26.1. The van der Waals surface area contributed by atoms with E-state index < -0.39 is 38.7 Å². The van der Waals surface area contributed by atoms with Gasteiger partial charge in [-0.05, 0) is 83.6 Å². The molecule has 3 atom stereocenters. The van der Waals surface area contributed by atoms with Crippen LogP contribution < -0.4 is 20.4 Å². The monoisotopic (exact) mass is 744 g/mol. The summed E-state index contributed by atoms with van der Waals surface area (Å²) in [5.41, 5.74) is 4.52. The van der Waals surface area contributed by atoms with Gasteiger partial charge in [-0.3, -0.25) is 19.6 Å². The molecule has 0 radical (unpaired) electrons. The molecule has 7 rings (SSSR count). The second-order valence-electron chi connectivity index (χ2n) is 12.2. The molecule has 0 amide bonds. The Balaban J connectivity index is 0.000000180. The van der Waals surface area contributed by atoms with E-state index in [9.17, 15) is 19.6 Å². The first kappa shape index (κ1) is 40.2. The Hall–Kier alpha value is -4.97. The molecule has 1 saturated heterocycles. The van der Waals surface area contributed by atoms with Gasteiger partial charge in [0.15, 0.2) is 6.29 Å². The average molecular weight is 744 g/mol. The van der Waals surface area contributed by atoms with Crippen molar-refractivity contribution in [3.63, 3.8) is 0 Å². The number of hydrogen-bond acceptors (Lipinski definition) is 15. The standard InChI is InChI=1S/C17H19BN2O5.C15H15BN2O5.C4H8O2/c1-3-11-7-12(24-15-10-19-5-6-20-15)8-13-17(11)14(25-18(13)22)9-16(21)23-4-2;1-2-9-5-10(22-13-8-17-3-4-18-13)6-11-15(9)12(7-14(19)20)23-16(11)21;5-4-2-1-3-6-4/h5-8,10,14,22H,3-4,9H2,1-2H3;3-6,8,12,21H,2,7H2,1H3,(H,19,20);4-5H,1-3H2. The lowest BCUT2D eigenvalue weighted by Crippen LogP contribution is -2.28. The smallest absolute Gasteiger partial charge is 0.481 e. The third-order valence-corrected chi connectivity index (χ3v) is 8.51. The summed E-state index contributed by atoms with van der Waals surface area (Å²) in [6.07, 6.45) is 10.6. The third kappa shape index (κ3) is 10.6. The van der Waals surface area contributed by atoms with Gasteiger partial charge in [0.25, 0.3) is 0 Å². The van der Waals surface area contributed by atoms with Gasteiger partial charge in [0.05, 0.1) is 44.1 Å². The minimum atomic E-state index is -1.16. The number of aromatic nitrogens is 4. The van der Waals surface area contributed by atoms with E-state index >= 15 is 0 Å². The molecule has 2 aromatic carbocycles. The lowest BCUT2D eigenvalue weighted by atomic mass is 9.77. The van der Waals surface area contributed by atoms with Crippen LogP contribution in [0.15, 0.2) is 61.4 Å². The van der Waals surface area contributed by atoms with Crippen LogP contribution >= 0.6 is 0 Å². The number of ether oxygens (including phenoxy) is 4. The number of fused-ring (bicyclic) bond motifs is 2. The summed E-state index contributed by atoms with van der Waals surface area (Å²) in [7, 11) is -2.27. The summed E-state index contributed by atoms with van der Waals surface area (Å²) in [5, 5.41) is 37.8. The molecule has 18 heteroatoms. The maximum absolute atomic E-state index is 11.8. The number of esters is 1. The Morgan fingerprint density at radius 3 is 1.69 bits per heavy atom. The van der Waals surface area contributed by atoms with E-state index in [0.717, 1.165) is 41.7 Å². The molecule has 3 aliphatic heterocycles. The highest BCUT2D eigenvalue weighted by molar-refractivity contribution is 6.62. The van der Waals surface area contributed by atoms with Gasteiger partial charge in [0.1, 0.15) is 11.5 Å². The first-order valence-electron chi connectivity index (χ1n) is 17.6. The number of carboxylic acid groups (broad SMARTS) is 1. The fourth-order valence-electron chi connectivity index (χ4n) is 6.21. The minimum Gasteiger partial charge on any atom is -0.481 e. The van der Waals surface area contributed by atoms with Crippen LogP contribution in [0.3, 0.4) is 0 Å². The van der Waals surface area contributed by atoms with Gasteiger partial charge in [-0.1, -0.05) is 13.8 Å². The van der Waals surface area contributed by atoms with Crippen LogP contribution in [0.5, 0.6) is 23.3 Å². The number of nitrogens with zero attached hydrogens (tertiary/aromatic N) is 4. The Bertz CT molecular complexity index is 1850. The zero-order chi connectivity index (χ0) is 38.6. The Kier molecular flexibility index (Phi) is 14.4. The van der Waals surface area contributed by atoms with Crippen molar-refractivity contribution in [2.24, 2.45) is 0 Å². The van der Waals surface area contributed by atoms with Crippen LogP contribution in [0.4, 0.5) is 0 Å². The number of aliphatic hydroxyl groups excluding tert-OH is 1. The molecule has 5 heterocycles. The van der Waals surface area contributed by atoms with Crippen LogP contribution in [0, 0.1) is 0 Å². The fourth-order valence-corrected chi connectivity index (χ4v) is 6.21. The highest BCUT2D eigenvalue weighted by atomic mass is 16.6. The number of hydrogen-bond donors (Lipinski definition) is 4. The number of rotatable bonds is 11. The van der Waals surface area contributed by atoms with Crippen molar-refractivity contribution in [1.82, 2.24) is 19.9 Å². The second-order valence-corrected chi connectivity index (χ2v) is 12.2. The molecule has 4 N–H and O–H groups in total. The summed E-state index contributed by atoms with van der Waals surface area (Å²) < 4.78 is 32.0. The molecule has 284 valence electrons. The highest BCUT2D eigenvalue weighted by Gasteiger charge is 2.39. The van der Waals surface area contributed by atoms with Crippen LogP contribution in [-0.4, -0.2) is 85.9 Å². The highest BCUT2D eigenvalue weighted by Crippen LogP contribution is 2.35. The zero-order valence-electron chi connectivity index (χ0n) is 30.2. The van der Waals surface area contributed by atoms with Gasteiger partial charge in [0.2, 0.25) is 11.8 Å². The number of carboxylic acids is 1. The molecule has 2 aromatic heterocycles. The van der Waals surface area contributed by atoms with Gasteiger partial charge >= 0.3 is 26.2 Å². The molecule has 3 unspecified atom stereocenters. The molecule has 0 saturated carbocycles. The molecule has 3 aliphatic rings. The van der Waals surface area contributed by atoms with Gasteiger partial charge < -0.3 is 48.5 Å². The van der Waals surface area contributed by atoms with Crippen LogP contribution in [0.25, 0.3) is 0 Å². The lowest BCUT2D eigenvalue weighted by molar-refractivity contribution is -0.145. The zero-order valence-corrected chi connectivity index (χ0v) is 30.2. The minimum absolute atomic E-state index is 0.0647. The summed E-state index contributed by atoms with van der Waals surface area (Å²) >= 11 is 0. The van der Waals surface area contributed by atoms with E-state index in [-0.39, 0.29) is 18.8 Å². The molecular formula is C36H42B2N4O12. The van der Waals surface area contributed by atoms with Crippen LogP contribution in [0.2, 0.25) is 0 Å². The van der Waals surface area contributed by atoms with E-state index in [4.69, 9.17) is 38.5 Å². The molecule has 16 nitrogen and oxygen atoms in total. The van der Waals surface area contributed by atoms with Crippen molar-refractivity contribution in [2.45, 2.75) is 77.8 Å². The third-order valence-electron chi connectivity index (χ3n) is 8.51. The lowest BCUT2D eigenvalue weighted by Gasteiger charge is -2.15. The Labute approximate surface area is 312 Å². The van der Waals surface area contributed by atoms with E-state index in [2.05, 4.69) is 19.9 Å². The largest absolute Gasteiger partial charge is 0.492 e. The number of carbonyl (C=O) groups excluding carboxylic acids is 1. The molecular weight excluding hydrogens is 702 g/mol. The van der Waals surface area contributed by atoms with Crippen molar-refractivity contribution < 1.29 is 58.1 Å². The molecule has 4 aromatic rings. The maximum atomic E-state index is 11.8. The van der Waals surface area contributed by atoms with Crippen LogP contribution in [-0.2, 0) is 41.2 Å². The van der Waals surface area contributed by atoms with Gasteiger partial charge in [-0.15, -0.1) is 0 Å². The summed E-state index contributed by atoms with van der Waals surface area (Å²) in [6, 6.07) is 7.03. The Morgan fingerprint density at radius 1 is 0.796 bits per heavy atom. The fraction of sp³-hybridized carbons (Fsp3) is 0.389. The predicted octanol–water partition coefficient (Wildman–Crippen LogP) is 2.72. The number of carbonyl (C=O) groups is 2. The summed E-state index contributed by atoms with van der Waals surface area (Å²) in [4.78, 5) is 38.8.